The van der Waals surface area contributed by atoms with Crippen molar-refractivity contribution >= 4 is 17.7 Å². The van der Waals surface area contributed by atoms with Gasteiger partial charge >= 0.3 is 0 Å². The number of hydrogen-bond acceptors (Lipinski definition) is 4. The van der Waals surface area contributed by atoms with E-state index in [0.29, 0.717) is 17.0 Å². The molecule has 0 bridgehead atoms. The van der Waals surface area contributed by atoms with E-state index in [1.807, 2.05) is 64.7 Å². The van der Waals surface area contributed by atoms with E-state index in [1.54, 1.807) is 0 Å². The maximum absolute atomic E-state index is 12.9. The molecule has 6 heteroatoms. The predicted octanol–water partition coefficient (Wildman–Crippen LogP) is 2.30. The smallest absolute Gasteiger partial charge is 0.274 e. The van der Waals surface area contributed by atoms with Crippen LogP contribution in [-0.2, 0) is 0 Å². The van der Waals surface area contributed by atoms with E-state index in [0.717, 1.165) is 24.5 Å². The normalized spacial score (nSPS) is 20.8. The minimum Gasteiger partial charge on any atom is -0.334 e. The average molecular weight is 344 g/mol. The lowest BCUT2D eigenvalue weighted by atomic mass is 10.2. The first-order valence-corrected chi connectivity index (χ1v) is 9.40. The summed E-state index contributed by atoms with van der Waals surface area (Å²) in [6.45, 7) is 3.52. The number of para-hydroxylation sites is 1. The molecule has 3 rings (SSSR count). The first-order chi connectivity index (χ1) is 11.5. The summed E-state index contributed by atoms with van der Waals surface area (Å²) in [6, 6.07) is 12.2. The molecule has 24 heavy (non-hydrogen) atoms. The number of carbonyl (C=O) groups is 1. The van der Waals surface area contributed by atoms with Crippen molar-refractivity contribution in [3.8, 4) is 5.69 Å². The highest BCUT2D eigenvalue weighted by Crippen LogP contribution is 2.25. The summed E-state index contributed by atoms with van der Waals surface area (Å²) in [5, 5.41) is 5.00. The number of amides is 1. The third-order valence-electron chi connectivity index (χ3n) is 4.60. The van der Waals surface area contributed by atoms with E-state index >= 15 is 0 Å². The van der Waals surface area contributed by atoms with Crippen LogP contribution in [0.4, 0.5) is 0 Å². The van der Waals surface area contributed by atoms with Gasteiger partial charge in [0.1, 0.15) is 0 Å². The van der Waals surface area contributed by atoms with Crippen LogP contribution in [0.1, 0.15) is 16.2 Å². The molecule has 1 aliphatic rings. The summed E-state index contributed by atoms with van der Waals surface area (Å²) in [4.78, 5) is 17.0. The second-order valence-corrected chi connectivity index (χ2v) is 7.51. The molecule has 128 valence electrons. The summed E-state index contributed by atoms with van der Waals surface area (Å²) in [5.41, 5.74) is 2.47. The van der Waals surface area contributed by atoms with Gasteiger partial charge in [0.2, 0.25) is 0 Å². The van der Waals surface area contributed by atoms with Gasteiger partial charge in [0, 0.05) is 30.1 Å². The molecule has 0 unspecified atom stereocenters. The Kier molecular flexibility index (Phi) is 4.96. The fourth-order valence-corrected chi connectivity index (χ4v) is 4.19. The summed E-state index contributed by atoms with van der Waals surface area (Å²) in [7, 11) is 4.16. The van der Waals surface area contributed by atoms with Gasteiger partial charge in [-0.1, -0.05) is 18.2 Å². The van der Waals surface area contributed by atoms with Crippen LogP contribution in [-0.4, -0.2) is 70.2 Å². The first-order valence-electron chi connectivity index (χ1n) is 8.12. The lowest BCUT2D eigenvalue weighted by Crippen LogP contribution is -2.37. The van der Waals surface area contributed by atoms with Crippen LogP contribution in [0.25, 0.3) is 5.69 Å². The van der Waals surface area contributed by atoms with E-state index in [4.69, 9.17) is 0 Å². The minimum absolute atomic E-state index is 0.0242. The topological polar surface area (TPSA) is 41.4 Å². The van der Waals surface area contributed by atoms with Crippen LogP contribution in [0.3, 0.4) is 0 Å². The van der Waals surface area contributed by atoms with Crippen molar-refractivity contribution in [3.63, 3.8) is 0 Å². The molecule has 2 aromatic rings. The van der Waals surface area contributed by atoms with Gasteiger partial charge in [-0.2, -0.15) is 16.9 Å². The van der Waals surface area contributed by atoms with Gasteiger partial charge < -0.3 is 9.80 Å². The Bertz CT molecular complexity index is 713. The van der Waals surface area contributed by atoms with Gasteiger partial charge in [-0.25, -0.2) is 4.68 Å². The van der Waals surface area contributed by atoms with Crippen molar-refractivity contribution in [1.29, 1.82) is 0 Å². The van der Waals surface area contributed by atoms with Crippen LogP contribution in [0.5, 0.6) is 0 Å². The Labute approximate surface area is 147 Å². The number of hydrogen-bond donors (Lipinski definition) is 0. The quantitative estimate of drug-likeness (QED) is 0.853. The molecular formula is C18H24N4OS. The van der Waals surface area contributed by atoms with Gasteiger partial charge in [-0.15, -0.1) is 0 Å². The summed E-state index contributed by atoms with van der Waals surface area (Å²) >= 11 is 1.83. The number of benzene rings is 1. The molecule has 0 aliphatic carbocycles. The van der Waals surface area contributed by atoms with Gasteiger partial charge in [0.05, 0.1) is 5.69 Å². The third kappa shape index (κ3) is 3.21. The number of aryl methyl sites for hydroxylation is 1. The first kappa shape index (κ1) is 17.0. The monoisotopic (exact) mass is 344 g/mol. The highest BCUT2D eigenvalue weighted by Gasteiger charge is 2.37. The van der Waals surface area contributed by atoms with Gasteiger partial charge in [0.25, 0.3) is 5.91 Å². The Morgan fingerprint density at radius 3 is 2.54 bits per heavy atom. The van der Waals surface area contributed by atoms with E-state index in [9.17, 15) is 4.79 Å². The van der Waals surface area contributed by atoms with Crippen molar-refractivity contribution in [2.24, 2.45) is 0 Å². The maximum atomic E-state index is 12.9. The molecule has 0 spiro atoms. The molecule has 1 aromatic carbocycles. The van der Waals surface area contributed by atoms with Gasteiger partial charge in [0.15, 0.2) is 5.69 Å². The molecule has 1 fully saturated rings. The second-order valence-electron chi connectivity index (χ2n) is 6.43. The van der Waals surface area contributed by atoms with Gasteiger partial charge in [-0.3, -0.25) is 4.79 Å². The molecule has 1 aliphatic heterocycles. The van der Waals surface area contributed by atoms with E-state index in [1.165, 1.54) is 0 Å². The SMILES string of the molecule is CS[C@@H]1CN(C(=O)c2cc(C)n(-c3ccccc3)n2)C[C@H]1N(C)C. The van der Waals surface area contributed by atoms with Crippen LogP contribution in [0, 0.1) is 6.92 Å². The Hall–Kier alpha value is -1.79. The number of rotatable bonds is 4. The number of likely N-dealkylation sites (tertiary alicyclic amines) is 1. The second kappa shape index (κ2) is 6.99. The highest BCUT2D eigenvalue weighted by atomic mass is 32.2. The van der Waals surface area contributed by atoms with Crippen LogP contribution in [0.15, 0.2) is 36.4 Å². The standard InChI is InChI=1S/C18H24N4OS/c1-13-10-15(19-22(13)14-8-6-5-7-9-14)18(23)21-11-16(20(2)3)17(12-21)24-4/h5-10,16-17H,11-12H2,1-4H3/t16-,17-/m1/s1. The zero-order chi connectivity index (χ0) is 17.3. The van der Waals surface area contributed by atoms with Crippen molar-refractivity contribution < 1.29 is 4.79 Å². The summed E-state index contributed by atoms with van der Waals surface area (Å²) in [5.74, 6) is 0.0242. The predicted molar refractivity (Wildman–Crippen MR) is 99.0 cm³/mol. The molecule has 2 heterocycles. The fraction of sp³-hybridized carbons (Fsp3) is 0.444. The number of thioether (sulfide) groups is 1. The lowest BCUT2D eigenvalue weighted by molar-refractivity contribution is 0.0777. The molecule has 1 amide bonds. The molecule has 1 aromatic heterocycles. The zero-order valence-electron chi connectivity index (χ0n) is 14.6. The average Bonchev–Trinajstić information content (AvgIpc) is 3.18. The minimum atomic E-state index is 0.0242. The summed E-state index contributed by atoms with van der Waals surface area (Å²) in [6.07, 6.45) is 2.11. The van der Waals surface area contributed by atoms with Crippen LogP contribution >= 0.6 is 11.8 Å². The van der Waals surface area contributed by atoms with Crippen LogP contribution in [0.2, 0.25) is 0 Å². The number of nitrogens with zero attached hydrogens (tertiary/aromatic N) is 4. The fourth-order valence-electron chi connectivity index (χ4n) is 3.22. The zero-order valence-corrected chi connectivity index (χ0v) is 15.5. The van der Waals surface area contributed by atoms with E-state index < -0.39 is 0 Å². The number of carbonyl (C=O) groups excluding carboxylic acids is 1. The van der Waals surface area contributed by atoms with Gasteiger partial charge in [-0.05, 0) is 45.5 Å². The third-order valence-corrected chi connectivity index (χ3v) is 5.67. The summed E-state index contributed by atoms with van der Waals surface area (Å²) < 4.78 is 1.83. The molecular weight excluding hydrogens is 320 g/mol. The number of aromatic nitrogens is 2. The molecule has 2 atom stereocenters. The molecule has 0 radical (unpaired) electrons. The van der Waals surface area contributed by atoms with Crippen molar-refractivity contribution in [3.05, 3.63) is 47.8 Å². The number of likely N-dealkylation sites (N-methyl/N-ethyl adjacent to an activating group) is 1. The van der Waals surface area contributed by atoms with Crippen molar-refractivity contribution in [1.82, 2.24) is 19.6 Å². The molecule has 5 nitrogen and oxygen atoms in total. The lowest BCUT2D eigenvalue weighted by Gasteiger charge is -2.23. The Morgan fingerprint density at radius 1 is 1.25 bits per heavy atom. The van der Waals surface area contributed by atoms with Crippen molar-refractivity contribution in [2.75, 3.05) is 33.4 Å². The largest absolute Gasteiger partial charge is 0.334 e. The highest BCUT2D eigenvalue weighted by molar-refractivity contribution is 7.99. The van der Waals surface area contributed by atoms with E-state index in [-0.39, 0.29) is 5.91 Å². The van der Waals surface area contributed by atoms with Crippen molar-refractivity contribution in [2.45, 2.75) is 18.2 Å². The molecule has 0 saturated carbocycles. The molecule has 1 saturated heterocycles. The Morgan fingerprint density at radius 2 is 1.96 bits per heavy atom. The van der Waals surface area contributed by atoms with E-state index in [2.05, 4.69) is 30.3 Å². The molecule has 0 N–H and O–H groups in total. The Balaban J connectivity index is 1.82. The van der Waals surface area contributed by atoms with Crippen LogP contribution < -0.4 is 0 Å². The maximum Gasteiger partial charge on any atom is 0.274 e.